The molecule has 0 radical (unpaired) electrons. The highest BCUT2D eigenvalue weighted by Gasteiger charge is 2.95. The first kappa shape index (κ1) is 32.6. The summed E-state index contributed by atoms with van der Waals surface area (Å²) >= 11 is 5.45. The zero-order valence-corrected chi connectivity index (χ0v) is 18.2. The highest BCUT2D eigenvalue weighted by molar-refractivity contribution is 7.99. The zero-order valence-electron chi connectivity index (χ0n) is 16.6. The largest absolute Gasteiger partial charge is 0.460 e. The van der Waals surface area contributed by atoms with E-state index >= 15 is 0 Å². The molecule has 0 aliphatic carbocycles. The second-order valence-electron chi connectivity index (χ2n) is 6.86. The summed E-state index contributed by atoms with van der Waals surface area (Å²) in [6.45, 7) is 1.27. The first-order chi connectivity index (χ1) is 15.6. The van der Waals surface area contributed by atoms with Crippen LogP contribution in [0, 0.1) is 6.92 Å². The number of hydrogen-bond donors (Lipinski definition) is 0. The van der Waals surface area contributed by atoms with Gasteiger partial charge in [0, 0.05) is 17.9 Å². The quantitative estimate of drug-likeness (QED) is 0.117. The summed E-state index contributed by atoms with van der Waals surface area (Å²) in [5.41, 5.74) is 0.0691. The summed E-state index contributed by atoms with van der Waals surface area (Å²) < 4.78 is 224. The minimum Gasteiger partial charge on any atom is -0.223 e. The van der Waals surface area contributed by atoms with Gasteiger partial charge in [-0.1, -0.05) is 0 Å². The molecule has 0 amide bonds. The van der Waals surface area contributed by atoms with Crippen LogP contribution < -0.4 is 0 Å². The summed E-state index contributed by atoms with van der Waals surface area (Å²) in [7, 11) is 0. The molecule has 0 saturated heterocycles. The maximum absolute atomic E-state index is 13.8. The van der Waals surface area contributed by atoms with Crippen LogP contribution in [0.25, 0.3) is 0 Å². The standard InChI is InChI=1S/C15H8ClF17N2S/c1-5-4-6(35-7(16)34-5)36-3-2-8(17,18)9(19,20)10(21,22)11(23,24)12(25,26)13(27,28)14(29,30)15(31,32)33/h4H,2-3H2,1H3. The molecule has 0 aliphatic heterocycles. The van der Waals surface area contributed by atoms with Gasteiger partial charge in [-0.2, -0.15) is 74.6 Å². The van der Waals surface area contributed by atoms with Gasteiger partial charge in [0.25, 0.3) is 0 Å². The Kier molecular flexibility index (Phi) is 8.48. The van der Waals surface area contributed by atoms with Gasteiger partial charge < -0.3 is 0 Å². The summed E-state index contributed by atoms with van der Waals surface area (Å²) in [6, 6.07) is 0.985. The first-order valence-corrected chi connectivity index (χ1v) is 9.83. The Morgan fingerprint density at radius 1 is 0.639 bits per heavy atom. The van der Waals surface area contributed by atoms with Gasteiger partial charge in [-0.15, -0.1) is 11.8 Å². The van der Waals surface area contributed by atoms with Crippen molar-refractivity contribution in [1.82, 2.24) is 9.97 Å². The number of hydrogen-bond acceptors (Lipinski definition) is 3. The Balaban J connectivity index is 3.36. The molecule has 0 unspecified atom stereocenters. The van der Waals surface area contributed by atoms with Crippen LogP contribution in [0.3, 0.4) is 0 Å². The molecule has 210 valence electrons. The third kappa shape index (κ3) is 4.99. The smallest absolute Gasteiger partial charge is 0.223 e. The monoisotopic (exact) mass is 606 g/mol. The number of nitrogens with zero attached hydrogens (tertiary/aromatic N) is 2. The van der Waals surface area contributed by atoms with Crippen molar-refractivity contribution in [2.45, 2.75) is 66.0 Å². The molecular formula is C15H8ClF17N2S. The van der Waals surface area contributed by atoms with Crippen molar-refractivity contribution in [3.63, 3.8) is 0 Å². The maximum atomic E-state index is 13.8. The summed E-state index contributed by atoms with van der Waals surface area (Å²) in [6.07, 6.45) is -10.3. The summed E-state index contributed by atoms with van der Waals surface area (Å²) in [5.74, 6) is -57.7. The van der Waals surface area contributed by atoms with Crippen molar-refractivity contribution < 1.29 is 74.6 Å². The van der Waals surface area contributed by atoms with Crippen LogP contribution in [0.1, 0.15) is 12.1 Å². The Morgan fingerprint density at radius 2 is 1.03 bits per heavy atom. The van der Waals surface area contributed by atoms with Gasteiger partial charge in [0.2, 0.25) is 5.28 Å². The van der Waals surface area contributed by atoms with E-state index in [4.69, 9.17) is 11.6 Å². The molecule has 2 nitrogen and oxygen atoms in total. The van der Waals surface area contributed by atoms with Crippen LogP contribution >= 0.6 is 23.4 Å². The third-order valence-electron chi connectivity index (χ3n) is 4.26. The molecule has 1 rings (SSSR count). The molecule has 0 atom stereocenters. The van der Waals surface area contributed by atoms with Crippen molar-refractivity contribution >= 4 is 23.4 Å². The molecule has 21 heteroatoms. The van der Waals surface area contributed by atoms with E-state index in [1.54, 1.807) is 0 Å². The lowest BCUT2D eigenvalue weighted by Gasteiger charge is -2.42. The fourth-order valence-corrected chi connectivity index (χ4v) is 3.46. The molecule has 0 saturated carbocycles. The molecule has 1 aromatic heterocycles. The van der Waals surface area contributed by atoms with E-state index in [9.17, 15) is 74.6 Å². The fourth-order valence-electron chi connectivity index (χ4n) is 2.22. The Morgan fingerprint density at radius 3 is 1.42 bits per heavy atom. The Labute approximate surface area is 197 Å². The molecular weight excluding hydrogens is 599 g/mol. The van der Waals surface area contributed by atoms with E-state index < -0.39 is 65.1 Å². The topological polar surface area (TPSA) is 25.8 Å². The minimum atomic E-state index is -8.63. The van der Waals surface area contributed by atoms with E-state index in [0.29, 0.717) is 0 Å². The van der Waals surface area contributed by atoms with Crippen LogP contribution in [-0.2, 0) is 0 Å². The molecule has 0 bridgehead atoms. The van der Waals surface area contributed by atoms with Gasteiger partial charge >= 0.3 is 47.6 Å². The van der Waals surface area contributed by atoms with Crippen molar-refractivity contribution in [2.24, 2.45) is 0 Å². The molecule has 1 heterocycles. The molecule has 0 spiro atoms. The lowest BCUT2D eigenvalue weighted by Crippen LogP contribution is -2.74. The highest BCUT2D eigenvalue weighted by atomic mass is 35.5. The van der Waals surface area contributed by atoms with Crippen molar-refractivity contribution in [3.05, 3.63) is 17.0 Å². The predicted octanol–water partition coefficient (Wildman–Crippen LogP) is 7.93. The van der Waals surface area contributed by atoms with E-state index in [1.165, 1.54) is 6.92 Å². The van der Waals surface area contributed by atoms with Gasteiger partial charge in [0.05, 0.1) is 0 Å². The predicted molar refractivity (Wildman–Crippen MR) is 87.8 cm³/mol. The molecule has 0 aromatic carbocycles. The van der Waals surface area contributed by atoms with Gasteiger partial charge in [0.1, 0.15) is 5.03 Å². The van der Waals surface area contributed by atoms with Crippen LogP contribution in [0.15, 0.2) is 11.1 Å². The number of rotatable bonds is 10. The van der Waals surface area contributed by atoms with Gasteiger partial charge in [-0.05, 0) is 24.6 Å². The molecule has 0 aliphatic rings. The van der Waals surface area contributed by atoms with Crippen LogP contribution in [-0.4, -0.2) is 63.4 Å². The van der Waals surface area contributed by atoms with Crippen molar-refractivity contribution in [3.8, 4) is 0 Å². The van der Waals surface area contributed by atoms with Crippen molar-refractivity contribution in [2.75, 3.05) is 5.75 Å². The van der Waals surface area contributed by atoms with E-state index in [1.807, 2.05) is 0 Å². The Bertz CT molecular complexity index is 926. The van der Waals surface area contributed by atoms with Crippen LogP contribution in [0.2, 0.25) is 5.28 Å². The highest BCUT2D eigenvalue weighted by Crippen LogP contribution is 2.64. The zero-order chi connectivity index (χ0) is 29.0. The molecule has 36 heavy (non-hydrogen) atoms. The van der Waals surface area contributed by atoms with Crippen molar-refractivity contribution in [1.29, 1.82) is 0 Å². The third-order valence-corrected chi connectivity index (χ3v) is 5.34. The summed E-state index contributed by atoms with van der Waals surface area (Å²) in [5, 5.41) is -0.871. The number of halogens is 18. The van der Waals surface area contributed by atoms with Gasteiger partial charge in [-0.3, -0.25) is 0 Å². The first-order valence-electron chi connectivity index (χ1n) is 8.47. The number of alkyl halides is 17. The lowest BCUT2D eigenvalue weighted by atomic mass is 9.88. The number of aryl methyl sites for hydroxylation is 1. The average Bonchev–Trinajstić information content (AvgIpc) is 2.65. The second kappa shape index (κ2) is 9.37. The van der Waals surface area contributed by atoms with E-state index in [-0.39, 0.29) is 22.5 Å². The average molecular weight is 607 g/mol. The normalized spacial score (nSPS) is 15.4. The molecule has 0 fully saturated rings. The van der Waals surface area contributed by atoms with Gasteiger partial charge in [0.15, 0.2) is 0 Å². The summed E-state index contributed by atoms with van der Waals surface area (Å²) in [4.78, 5) is 6.88. The second-order valence-corrected chi connectivity index (χ2v) is 8.32. The number of aromatic nitrogens is 2. The van der Waals surface area contributed by atoms with Crippen LogP contribution in [0.5, 0.6) is 0 Å². The van der Waals surface area contributed by atoms with E-state index in [2.05, 4.69) is 9.97 Å². The molecule has 0 N–H and O–H groups in total. The van der Waals surface area contributed by atoms with E-state index in [0.717, 1.165) is 6.07 Å². The maximum Gasteiger partial charge on any atom is 0.460 e. The molecule has 1 aromatic rings. The SMILES string of the molecule is Cc1cc(SCCC(F)(F)C(F)(F)C(F)(F)C(F)(F)C(F)(F)C(F)(F)C(F)(F)C(F)(F)F)nc(Cl)n1. The lowest BCUT2D eigenvalue weighted by molar-refractivity contribution is -0.461. The Hall–Kier alpha value is -1.47. The van der Waals surface area contributed by atoms with Gasteiger partial charge in [-0.25, -0.2) is 9.97 Å². The minimum absolute atomic E-state index is 0.0521. The van der Waals surface area contributed by atoms with Crippen LogP contribution in [0.4, 0.5) is 74.6 Å². The number of thioether (sulfide) groups is 1. The fraction of sp³-hybridized carbons (Fsp3) is 0.733.